The third kappa shape index (κ3) is 5.62. The summed E-state index contributed by atoms with van der Waals surface area (Å²) in [5.74, 6) is 0.353. The van der Waals surface area contributed by atoms with Gasteiger partial charge in [-0.25, -0.2) is 0 Å². The van der Waals surface area contributed by atoms with E-state index in [1.165, 1.54) is 0 Å². The number of piperazine rings is 1. The van der Waals surface area contributed by atoms with E-state index in [0.29, 0.717) is 32.8 Å². The molecule has 0 N–H and O–H groups in total. The van der Waals surface area contributed by atoms with Crippen molar-refractivity contribution in [3.05, 3.63) is 29.8 Å². The average Bonchev–Trinajstić information content (AvgIpc) is 2.65. The van der Waals surface area contributed by atoms with Crippen molar-refractivity contribution in [2.75, 3.05) is 59.0 Å². The van der Waals surface area contributed by atoms with Crippen LogP contribution in [0.3, 0.4) is 0 Å². The zero-order chi connectivity index (χ0) is 18.4. The van der Waals surface area contributed by atoms with Crippen LogP contribution < -0.4 is 4.74 Å². The summed E-state index contributed by atoms with van der Waals surface area (Å²) in [5, 5.41) is 0. The van der Waals surface area contributed by atoms with Gasteiger partial charge in [0.15, 0.2) is 0 Å². The molecule has 0 bridgehead atoms. The highest BCUT2D eigenvalue weighted by molar-refractivity contribution is 5.78. The molecule has 1 aromatic rings. The number of benzene rings is 1. The minimum absolute atomic E-state index is 0.176. The lowest BCUT2D eigenvalue weighted by Crippen LogP contribution is -2.51. The van der Waals surface area contributed by atoms with Gasteiger partial charge in [0, 0.05) is 45.8 Å². The summed E-state index contributed by atoms with van der Waals surface area (Å²) in [6.07, 6.45) is 0. The van der Waals surface area contributed by atoms with Gasteiger partial charge in [0.2, 0.25) is 5.91 Å². The van der Waals surface area contributed by atoms with Crippen molar-refractivity contribution in [1.29, 1.82) is 0 Å². The molecule has 144 valence electrons. The molecule has 6 nitrogen and oxygen atoms in total. The number of alkyl halides is 2. The second-order valence-electron chi connectivity index (χ2n) is 6.57. The average molecular weight is 369 g/mol. The minimum atomic E-state index is -2.80. The number of carbonyl (C=O) groups excluding carboxylic acids is 1. The van der Waals surface area contributed by atoms with E-state index in [0.717, 1.165) is 38.3 Å². The van der Waals surface area contributed by atoms with Crippen LogP contribution in [-0.4, -0.2) is 86.2 Å². The number of nitrogens with zero attached hydrogens (tertiary/aromatic N) is 3. The standard InChI is InChI=1S/C18H25F2N3O3/c19-18(20)26-16-3-1-15(2-4-16)13-21-5-7-22(8-6-21)14-17(24)23-9-11-25-12-10-23/h1-4,18H,5-14H2. The maximum Gasteiger partial charge on any atom is 0.387 e. The van der Waals surface area contributed by atoms with E-state index in [1.54, 1.807) is 12.1 Å². The van der Waals surface area contributed by atoms with Gasteiger partial charge in [-0.05, 0) is 17.7 Å². The number of amides is 1. The number of hydrogen-bond acceptors (Lipinski definition) is 5. The summed E-state index contributed by atoms with van der Waals surface area (Å²) in [6, 6.07) is 6.76. The first-order valence-corrected chi connectivity index (χ1v) is 8.94. The zero-order valence-electron chi connectivity index (χ0n) is 14.8. The Morgan fingerprint density at radius 2 is 1.62 bits per heavy atom. The molecule has 26 heavy (non-hydrogen) atoms. The Balaban J connectivity index is 1.40. The van der Waals surface area contributed by atoms with Gasteiger partial charge >= 0.3 is 6.61 Å². The molecule has 0 saturated carbocycles. The molecule has 2 heterocycles. The van der Waals surface area contributed by atoms with E-state index in [2.05, 4.69) is 14.5 Å². The molecular formula is C18H25F2N3O3. The van der Waals surface area contributed by atoms with E-state index in [-0.39, 0.29) is 11.7 Å². The summed E-state index contributed by atoms with van der Waals surface area (Å²) in [7, 11) is 0. The Kier molecular flexibility index (Phi) is 6.76. The van der Waals surface area contributed by atoms with Crippen LogP contribution in [0.15, 0.2) is 24.3 Å². The van der Waals surface area contributed by atoms with Crippen LogP contribution in [-0.2, 0) is 16.1 Å². The highest BCUT2D eigenvalue weighted by Crippen LogP contribution is 2.16. The molecule has 0 unspecified atom stereocenters. The van der Waals surface area contributed by atoms with E-state index in [4.69, 9.17) is 4.74 Å². The first kappa shape index (κ1) is 19.0. The largest absolute Gasteiger partial charge is 0.435 e. The molecule has 0 spiro atoms. The van der Waals surface area contributed by atoms with E-state index in [9.17, 15) is 13.6 Å². The van der Waals surface area contributed by atoms with Gasteiger partial charge in [0.25, 0.3) is 0 Å². The van der Waals surface area contributed by atoms with Gasteiger partial charge < -0.3 is 14.4 Å². The topological polar surface area (TPSA) is 45.2 Å². The van der Waals surface area contributed by atoms with Crippen LogP contribution in [0, 0.1) is 0 Å². The highest BCUT2D eigenvalue weighted by atomic mass is 19.3. The molecule has 0 aliphatic carbocycles. The predicted octanol–water partition coefficient (Wildman–Crippen LogP) is 1.26. The molecule has 0 atom stereocenters. The number of morpholine rings is 1. The summed E-state index contributed by atoms with van der Waals surface area (Å²) in [4.78, 5) is 18.7. The number of ether oxygens (including phenoxy) is 2. The first-order valence-electron chi connectivity index (χ1n) is 8.94. The molecule has 2 saturated heterocycles. The SMILES string of the molecule is O=C(CN1CCN(Cc2ccc(OC(F)F)cc2)CC1)N1CCOCC1. The van der Waals surface area contributed by atoms with Gasteiger partial charge in [0.05, 0.1) is 19.8 Å². The highest BCUT2D eigenvalue weighted by Gasteiger charge is 2.23. The van der Waals surface area contributed by atoms with Gasteiger partial charge in [0.1, 0.15) is 5.75 Å². The monoisotopic (exact) mass is 369 g/mol. The summed E-state index contributed by atoms with van der Waals surface area (Å²) in [5.41, 5.74) is 1.06. The number of halogens is 2. The molecule has 1 aromatic carbocycles. The normalized spacial score (nSPS) is 19.7. The van der Waals surface area contributed by atoms with Gasteiger partial charge in [-0.3, -0.25) is 14.6 Å². The first-order chi connectivity index (χ1) is 12.6. The van der Waals surface area contributed by atoms with Crippen LogP contribution in [0.4, 0.5) is 8.78 Å². The number of carbonyl (C=O) groups is 1. The molecular weight excluding hydrogens is 344 g/mol. The molecule has 0 aromatic heterocycles. The van der Waals surface area contributed by atoms with Crippen LogP contribution in [0.5, 0.6) is 5.75 Å². The Morgan fingerprint density at radius 3 is 2.23 bits per heavy atom. The molecule has 2 aliphatic heterocycles. The van der Waals surface area contributed by atoms with Gasteiger partial charge in [-0.2, -0.15) is 8.78 Å². The Bertz CT molecular complexity index is 572. The Labute approximate surface area is 152 Å². The fourth-order valence-electron chi connectivity index (χ4n) is 3.24. The molecule has 0 radical (unpaired) electrons. The minimum Gasteiger partial charge on any atom is -0.435 e. The molecule has 2 fully saturated rings. The lowest BCUT2D eigenvalue weighted by molar-refractivity contribution is -0.136. The van der Waals surface area contributed by atoms with Crippen LogP contribution >= 0.6 is 0 Å². The smallest absolute Gasteiger partial charge is 0.387 e. The molecule has 8 heteroatoms. The lowest BCUT2D eigenvalue weighted by Gasteiger charge is -2.36. The fraction of sp³-hybridized carbons (Fsp3) is 0.611. The van der Waals surface area contributed by atoms with Crippen LogP contribution in [0.1, 0.15) is 5.56 Å². The van der Waals surface area contributed by atoms with Crippen molar-refractivity contribution in [2.24, 2.45) is 0 Å². The van der Waals surface area contributed by atoms with Crippen molar-refractivity contribution < 1.29 is 23.0 Å². The molecule has 2 aliphatic rings. The van der Waals surface area contributed by atoms with Gasteiger partial charge in [-0.1, -0.05) is 12.1 Å². The van der Waals surface area contributed by atoms with Crippen molar-refractivity contribution >= 4 is 5.91 Å². The van der Waals surface area contributed by atoms with Crippen LogP contribution in [0.2, 0.25) is 0 Å². The summed E-state index contributed by atoms with van der Waals surface area (Å²) in [6.45, 7) is 4.51. The molecule has 3 rings (SSSR count). The third-order valence-corrected chi connectivity index (χ3v) is 4.74. The lowest BCUT2D eigenvalue weighted by atomic mass is 10.2. The predicted molar refractivity (Wildman–Crippen MR) is 92.2 cm³/mol. The fourth-order valence-corrected chi connectivity index (χ4v) is 3.24. The second kappa shape index (κ2) is 9.25. The van der Waals surface area contributed by atoms with Crippen molar-refractivity contribution in [3.63, 3.8) is 0 Å². The van der Waals surface area contributed by atoms with Gasteiger partial charge in [-0.15, -0.1) is 0 Å². The Morgan fingerprint density at radius 1 is 1.00 bits per heavy atom. The quantitative estimate of drug-likeness (QED) is 0.756. The van der Waals surface area contributed by atoms with Crippen LogP contribution in [0.25, 0.3) is 0 Å². The Hall–Kier alpha value is -1.77. The third-order valence-electron chi connectivity index (χ3n) is 4.74. The van der Waals surface area contributed by atoms with Crippen molar-refractivity contribution in [1.82, 2.24) is 14.7 Å². The molecule has 1 amide bonds. The summed E-state index contributed by atoms with van der Waals surface area (Å²) >= 11 is 0. The van der Waals surface area contributed by atoms with Crippen molar-refractivity contribution in [3.8, 4) is 5.75 Å². The van der Waals surface area contributed by atoms with E-state index >= 15 is 0 Å². The maximum atomic E-state index is 12.3. The number of rotatable bonds is 6. The second-order valence-corrected chi connectivity index (χ2v) is 6.57. The maximum absolute atomic E-state index is 12.3. The van der Waals surface area contributed by atoms with E-state index < -0.39 is 6.61 Å². The summed E-state index contributed by atoms with van der Waals surface area (Å²) < 4.78 is 34.0. The van der Waals surface area contributed by atoms with E-state index in [1.807, 2.05) is 17.0 Å². The number of hydrogen-bond donors (Lipinski definition) is 0. The zero-order valence-corrected chi connectivity index (χ0v) is 14.8. The van der Waals surface area contributed by atoms with Crippen molar-refractivity contribution in [2.45, 2.75) is 13.2 Å².